The van der Waals surface area contributed by atoms with E-state index in [4.69, 9.17) is 14.5 Å². The number of benzene rings is 3. The molecule has 1 fully saturated rings. The van der Waals surface area contributed by atoms with Crippen LogP contribution in [0.5, 0.6) is 0 Å². The standard InChI is InChI=1S/C37H38N8O4/c1-3-28(42-33-32-35(40-22-39-33)44(23-41-32)30-14-7-8-19-49-30)34-43-29-13-9-10-26(31(29)36(46)45(34)27-11-5-4-6-12-27)21-38-20-24-15-17-25(18-16-24)37(47)48-2/h4-6,9-13,15-18,22-23,28,30,38H,3,7-8,14,19-21H2,1-2H3,(H,39,40,42). The number of carbonyl (C=O) groups excluding carboxylic acids is 1. The summed E-state index contributed by atoms with van der Waals surface area (Å²) < 4.78 is 14.5. The van der Waals surface area contributed by atoms with E-state index in [1.165, 1.54) is 13.4 Å². The van der Waals surface area contributed by atoms with E-state index in [1.54, 1.807) is 23.0 Å². The van der Waals surface area contributed by atoms with E-state index in [-0.39, 0.29) is 23.8 Å². The van der Waals surface area contributed by atoms with E-state index in [0.29, 0.717) is 65.4 Å². The van der Waals surface area contributed by atoms with E-state index in [1.807, 2.05) is 72.2 Å². The third-order valence-corrected chi connectivity index (χ3v) is 8.90. The molecule has 0 radical (unpaired) electrons. The van der Waals surface area contributed by atoms with E-state index < -0.39 is 0 Å². The van der Waals surface area contributed by atoms with Gasteiger partial charge >= 0.3 is 5.97 Å². The molecule has 4 heterocycles. The normalized spacial score (nSPS) is 15.3. The van der Waals surface area contributed by atoms with Crippen molar-refractivity contribution in [1.29, 1.82) is 0 Å². The molecule has 2 atom stereocenters. The Labute approximate surface area is 283 Å². The number of hydrogen-bond donors (Lipinski definition) is 2. The van der Waals surface area contributed by atoms with Crippen LogP contribution in [-0.2, 0) is 22.6 Å². The average molecular weight is 659 g/mol. The van der Waals surface area contributed by atoms with Gasteiger partial charge in [-0.3, -0.25) is 13.9 Å². The van der Waals surface area contributed by atoms with Gasteiger partial charge in [0.15, 0.2) is 17.0 Å². The van der Waals surface area contributed by atoms with Crippen LogP contribution in [-0.4, -0.2) is 48.8 Å². The third kappa shape index (κ3) is 6.52. The molecule has 1 saturated heterocycles. The van der Waals surface area contributed by atoms with Crippen LogP contribution in [0.15, 0.2) is 90.2 Å². The van der Waals surface area contributed by atoms with E-state index in [0.717, 1.165) is 36.1 Å². The van der Waals surface area contributed by atoms with Crippen molar-refractivity contribution in [2.24, 2.45) is 0 Å². The third-order valence-electron chi connectivity index (χ3n) is 8.90. The number of hydrogen-bond acceptors (Lipinski definition) is 10. The zero-order valence-electron chi connectivity index (χ0n) is 27.5. The Kier molecular flexibility index (Phi) is 9.40. The van der Waals surface area contributed by atoms with Crippen LogP contribution in [0.2, 0.25) is 0 Å². The number of nitrogens with one attached hydrogen (secondary N) is 2. The maximum absolute atomic E-state index is 14.6. The highest BCUT2D eigenvalue weighted by Gasteiger charge is 2.25. The molecule has 3 aromatic carbocycles. The highest BCUT2D eigenvalue weighted by atomic mass is 16.5. The van der Waals surface area contributed by atoms with Gasteiger partial charge in [0.1, 0.15) is 18.4 Å². The molecular weight excluding hydrogens is 620 g/mol. The predicted octanol–water partition coefficient (Wildman–Crippen LogP) is 5.86. The average Bonchev–Trinajstić information content (AvgIpc) is 3.59. The van der Waals surface area contributed by atoms with Crippen LogP contribution in [0.3, 0.4) is 0 Å². The lowest BCUT2D eigenvalue weighted by Crippen LogP contribution is -2.29. The van der Waals surface area contributed by atoms with Crippen LogP contribution in [0.25, 0.3) is 27.8 Å². The number of methoxy groups -OCH3 is 1. The molecule has 0 amide bonds. The number of fused-ring (bicyclic) bond motifs is 2. The Morgan fingerprint density at radius 1 is 1.00 bits per heavy atom. The molecule has 3 aromatic heterocycles. The van der Waals surface area contributed by atoms with Gasteiger partial charge < -0.3 is 20.1 Å². The molecule has 0 spiro atoms. The number of esters is 1. The van der Waals surface area contributed by atoms with Crippen molar-refractivity contribution < 1.29 is 14.3 Å². The van der Waals surface area contributed by atoms with Crippen LogP contribution in [0, 0.1) is 0 Å². The Morgan fingerprint density at radius 2 is 1.84 bits per heavy atom. The molecular formula is C37H38N8O4. The van der Waals surface area contributed by atoms with Crippen molar-refractivity contribution in [2.75, 3.05) is 19.0 Å². The summed E-state index contributed by atoms with van der Waals surface area (Å²) in [6.07, 6.45) is 6.86. The Bertz CT molecular complexity index is 2140. The van der Waals surface area contributed by atoms with Gasteiger partial charge in [0, 0.05) is 19.7 Å². The summed E-state index contributed by atoms with van der Waals surface area (Å²) in [4.78, 5) is 45.3. The maximum atomic E-state index is 14.6. The zero-order chi connectivity index (χ0) is 33.7. The first-order valence-electron chi connectivity index (χ1n) is 16.6. The van der Waals surface area contributed by atoms with Gasteiger partial charge in [0.2, 0.25) is 0 Å². The summed E-state index contributed by atoms with van der Waals surface area (Å²) in [7, 11) is 1.37. The van der Waals surface area contributed by atoms with Gasteiger partial charge in [-0.25, -0.2) is 24.7 Å². The Balaban J connectivity index is 1.22. The first kappa shape index (κ1) is 32.1. The fraction of sp³-hybridized carbons (Fsp3) is 0.297. The molecule has 12 nitrogen and oxygen atoms in total. The topological polar surface area (TPSA) is 138 Å². The molecule has 6 aromatic rings. The van der Waals surface area contributed by atoms with Crippen LogP contribution >= 0.6 is 0 Å². The molecule has 2 N–H and O–H groups in total. The number of rotatable bonds is 11. The maximum Gasteiger partial charge on any atom is 0.337 e. The minimum atomic E-state index is -0.374. The number of aromatic nitrogens is 6. The van der Waals surface area contributed by atoms with E-state index in [2.05, 4.69) is 25.6 Å². The van der Waals surface area contributed by atoms with E-state index >= 15 is 0 Å². The molecule has 0 aliphatic carbocycles. The quantitative estimate of drug-likeness (QED) is 0.163. The second-order valence-electron chi connectivity index (χ2n) is 12.0. The van der Waals surface area contributed by atoms with Crippen LogP contribution < -0.4 is 16.2 Å². The molecule has 250 valence electrons. The number of imidazole rings is 1. The van der Waals surface area contributed by atoms with Crippen molar-refractivity contribution >= 4 is 33.9 Å². The molecule has 2 unspecified atom stereocenters. The molecule has 0 bridgehead atoms. The molecule has 0 saturated carbocycles. The summed E-state index contributed by atoms with van der Waals surface area (Å²) >= 11 is 0. The molecule has 1 aliphatic heterocycles. The SMILES string of the molecule is CCC(Nc1ncnc2c1ncn2C1CCCCO1)c1nc2cccc(CNCc3ccc(C(=O)OC)cc3)c2c(=O)n1-c1ccccc1. The second-order valence-corrected chi connectivity index (χ2v) is 12.0. The summed E-state index contributed by atoms with van der Waals surface area (Å²) in [6.45, 7) is 3.76. The summed E-state index contributed by atoms with van der Waals surface area (Å²) in [5.74, 6) is 0.768. The van der Waals surface area contributed by atoms with E-state index in [9.17, 15) is 9.59 Å². The monoisotopic (exact) mass is 658 g/mol. The van der Waals surface area contributed by atoms with Gasteiger partial charge in [0.05, 0.1) is 41.6 Å². The summed E-state index contributed by atoms with van der Waals surface area (Å²) in [5, 5.41) is 7.55. The van der Waals surface area contributed by atoms with Crippen molar-refractivity contribution in [3.05, 3.63) is 118 Å². The van der Waals surface area contributed by atoms with Gasteiger partial charge in [-0.1, -0.05) is 49.4 Å². The zero-order valence-corrected chi connectivity index (χ0v) is 27.5. The number of para-hydroxylation sites is 1. The van der Waals surface area contributed by atoms with Crippen molar-refractivity contribution in [3.8, 4) is 5.69 Å². The fourth-order valence-electron chi connectivity index (χ4n) is 6.37. The summed E-state index contributed by atoms with van der Waals surface area (Å²) in [6, 6.07) is 22.2. The smallest absolute Gasteiger partial charge is 0.337 e. The fourth-order valence-corrected chi connectivity index (χ4v) is 6.37. The number of nitrogens with zero attached hydrogens (tertiary/aromatic N) is 6. The lowest BCUT2D eigenvalue weighted by Gasteiger charge is -2.24. The van der Waals surface area contributed by atoms with Gasteiger partial charge in [-0.05, 0) is 67.1 Å². The lowest BCUT2D eigenvalue weighted by molar-refractivity contribution is -0.0298. The number of carbonyl (C=O) groups is 1. The highest BCUT2D eigenvalue weighted by Crippen LogP contribution is 2.30. The first-order chi connectivity index (χ1) is 24.1. The Hall–Kier alpha value is -5.46. The van der Waals surface area contributed by atoms with Gasteiger partial charge in [-0.2, -0.15) is 0 Å². The van der Waals surface area contributed by atoms with Crippen molar-refractivity contribution in [3.63, 3.8) is 0 Å². The predicted molar refractivity (Wildman–Crippen MR) is 186 cm³/mol. The van der Waals surface area contributed by atoms with Gasteiger partial charge in [0.25, 0.3) is 5.56 Å². The minimum Gasteiger partial charge on any atom is -0.465 e. The van der Waals surface area contributed by atoms with Gasteiger partial charge in [-0.15, -0.1) is 0 Å². The minimum absolute atomic E-state index is 0.107. The van der Waals surface area contributed by atoms with Crippen LogP contribution in [0.4, 0.5) is 5.82 Å². The molecule has 7 rings (SSSR count). The van der Waals surface area contributed by atoms with Crippen LogP contribution in [0.1, 0.15) is 72.2 Å². The highest BCUT2D eigenvalue weighted by molar-refractivity contribution is 5.89. The number of ether oxygens (including phenoxy) is 2. The second kappa shape index (κ2) is 14.3. The lowest BCUT2D eigenvalue weighted by atomic mass is 10.1. The van der Waals surface area contributed by atoms with Crippen molar-refractivity contribution in [1.82, 2.24) is 34.4 Å². The molecule has 1 aliphatic rings. The molecule has 49 heavy (non-hydrogen) atoms. The van der Waals surface area contributed by atoms with Crippen molar-refractivity contribution in [2.45, 2.75) is 58.0 Å². The Morgan fingerprint density at radius 3 is 2.59 bits per heavy atom. The molecule has 12 heteroatoms. The number of anilines is 1. The summed E-state index contributed by atoms with van der Waals surface area (Å²) in [5.41, 5.74) is 4.85. The largest absolute Gasteiger partial charge is 0.465 e. The first-order valence-corrected chi connectivity index (χ1v) is 16.6.